The second-order valence-corrected chi connectivity index (χ2v) is 6.80. The van der Waals surface area contributed by atoms with Gasteiger partial charge < -0.3 is 4.90 Å². The van der Waals surface area contributed by atoms with E-state index in [4.69, 9.17) is 11.6 Å². The Kier molecular flexibility index (Phi) is 4.46. The van der Waals surface area contributed by atoms with Gasteiger partial charge >= 0.3 is 0 Å². The van der Waals surface area contributed by atoms with Gasteiger partial charge in [0.15, 0.2) is 0 Å². The maximum atomic E-state index is 12.9. The number of fused-ring (bicyclic) bond motifs is 1. The van der Waals surface area contributed by atoms with Crippen LogP contribution in [0.1, 0.15) is 33.9 Å². The highest BCUT2D eigenvalue weighted by Gasteiger charge is 2.29. The van der Waals surface area contributed by atoms with Crippen LogP contribution in [0.3, 0.4) is 0 Å². The predicted octanol–water partition coefficient (Wildman–Crippen LogP) is 4.82. The highest BCUT2D eigenvalue weighted by Crippen LogP contribution is 2.36. The maximum Gasteiger partial charge on any atom is 0.255 e. The van der Waals surface area contributed by atoms with Crippen molar-refractivity contribution in [2.45, 2.75) is 23.8 Å². The van der Waals surface area contributed by atoms with E-state index in [1.807, 2.05) is 36.4 Å². The third-order valence-corrected chi connectivity index (χ3v) is 5.35. The first kappa shape index (κ1) is 15.4. The smallest absolute Gasteiger partial charge is 0.255 e. The van der Waals surface area contributed by atoms with Gasteiger partial charge in [0, 0.05) is 11.9 Å². The quantitative estimate of drug-likeness (QED) is 0.751. The number of halogens is 1. The number of rotatable bonds is 3. The van der Waals surface area contributed by atoms with Gasteiger partial charge in [-0.05, 0) is 48.4 Å². The lowest BCUT2D eigenvalue weighted by Crippen LogP contribution is -2.30. The zero-order chi connectivity index (χ0) is 15.7. The molecule has 0 fully saturated rings. The molecule has 1 amide bonds. The highest BCUT2D eigenvalue weighted by molar-refractivity contribution is 7.98. The van der Waals surface area contributed by atoms with Crippen LogP contribution in [0.2, 0.25) is 5.02 Å². The lowest BCUT2D eigenvalue weighted by molar-refractivity contribution is 0.0730. The molecule has 1 aliphatic carbocycles. The number of carbonyl (C=O) groups excluding carboxylic acids is 1. The van der Waals surface area contributed by atoms with Gasteiger partial charge in [-0.2, -0.15) is 0 Å². The molecule has 0 saturated heterocycles. The Morgan fingerprint density at radius 3 is 2.82 bits per heavy atom. The molecule has 0 spiro atoms. The summed E-state index contributed by atoms with van der Waals surface area (Å²) in [7, 11) is 1.87. The van der Waals surface area contributed by atoms with Gasteiger partial charge in [-0.1, -0.05) is 35.9 Å². The van der Waals surface area contributed by atoms with E-state index in [0.29, 0.717) is 10.6 Å². The lowest BCUT2D eigenvalue weighted by atomic mass is 10.1. The van der Waals surface area contributed by atoms with Gasteiger partial charge in [0.2, 0.25) is 0 Å². The molecule has 1 atom stereocenters. The minimum atomic E-state index is -0.0115. The molecule has 22 heavy (non-hydrogen) atoms. The number of hydrogen-bond acceptors (Lipinski definition) is 2. The predicted molar refractivity (Wildman–Crippen MR) is 92.8 cm³/mol. The number of benzene rings is 2. The summed E-state index contributed by atoms with van der Waals surface area (Å²) in [6, 6.07) is 14.1. The van der Waals surface area contributed by atoms with Gasteiger partial charge in [-0.25, -0.2) is 0 Å². The molecule has 0 aromatic heterocycles. The van der Waals surface area contributed by atoms with E-state index in [1.165, 1.54) is 11.1 Å². The van der Waals surface area contributed by atoms with E-state index in [1.54, 1.807) is 17.8 Å². The number of nitrogens with zero attached hydrogens (tertiary/aromatic N) is 1. The van der Waals surface area contributed by atoms with E-state index >= 15 is 0 Å². The summed E-state index contributed by atoms with van der Waals surface area (Å²) in [5.74, 6) is -0.0115. The van der Waals surface area contributed by atoms with Crippen LogP contribution in [0.5, 0.6) is 0 Å². The molecule has 0 radical (unpaired) electrons. The molecule has 0 saturated carbocycles. The molecule has 2 aromatic rings. The number of carbonyl (C=O) groups is 1. The molecular weight excluding hydrogens is 314 g/mol. The fourth-order valence-corrected chi connectivity index (χ4v) is 3.70. The summed E-state index contributed by atoms with van der Waals surface area (Å²) in [6.07, 6.45) is 3.99. The van der Waals surface area contributed by atoms with Crippen LogP contribution < -0.4 is 0 Å². The van der Waals surface area contributed by atoms with Gasteiger partial charge in [-0.15, -0.1) is 11.8 Å². The first-order valence-electron chi connectivity index (χ1n) is 7.30. The summed E-state index contributed by atoms with van der Waals surface area (Å²) < 4.78 is 0. The van der Waals surface area contributed by atoms with Crippen molar-refractivity contribution >= 4 is 29.3 Å². The summed E-state index contributed by atoms with van der Waals surface area (Å²) >= 11 is 7.85. The average Bonchev–Trinajstić information content (AvgIpc) is 2.98. The van der Waals surface area contributed by atoms with Crippen LogP contribution in [-0.2, 0) is 6.42 Å². The molecule has 0 aliphatic heterocycles. The fourth-order valence-electron chi connectivity index (χ4n) is 3.06. The Bertz CT molecular complexity index is 716. The summed E-state index contributed by atoms with van der Waals surface area (Å²) in [5.41, 5.74) is 3.19. The van der Waals surface area contributed by atoms with Gasteiger partial charge in [-0.3, -0.25) is 4.79 Å². The number of aryl methyl sites for hydroxylation is 1. The van der Waals surface area contributed by atoms with Crippen molar-refractivity contribution in [1.29, 1.82) is 0 Å². The Hall–Kier alpha value is -1.45. The van der Waals surface area contributed by atoms with Crippen molar-refractivity contribution in [1.82, 2.24) is 4.90 Å². The van der Waals surface area contributed by atoms with E-state index in [-0.39, 0.29) is 11.9 Å². The van der Waals surface area contributed by atoms with Crippen molar-refractivity contribution in [2.24, 2.45) is 0 Å². The lowest BCUT2D eigenvalue weighted by Gasteiger charge is -2.26. The third kappa shape index (κ3) is 2.75. The fraction of sp³-hybridized carbons (Fsp3) is 0.278. The van der Waals surface area contributed by atoms with Gasteiger partial charge in [0.1, 0.15) is 0 Å². The van der Waals surface area contributed by atoms with E-state index in [0.717, 1.165) is 17.7 Å². The van der Waals surface area contributed by atoms with Gasteiger partial charge in [0.05, 0.1) is 16.6 Å². The molecule has 4 heteroatoms. The molecule has 0 bridgehead atoms. The Balaban J connectivity index is 1.90. The summed E-state index contributed by atoms with van der Waals surface area (Å²) in [6.45, 7) is 0. The van der Waals surface area contributed by atoms with Gasteiger partial charge in [0.25, 0.3) is 5.91 Å². The maximum absolute atomic E-state index is 12.9. The molecule has 2 aromatic carbocycles. The molecule has 1 unspecified atom stereocenters. The van der Waals surface area contributed by atoms with Crippen LogP contribution in [0.25, 0.3) is 0 Å². The second-order valence-electron chi connectivity index (χ2n) is 5.52. The van der Waals surface area contributed by atoms with Crippen molar-refractivity contribution < 1.29 is 4.79 Å². The van der Waals surface area contributed by atoms with Crippen LogP contribution >= 0.6 is 23.4 Å². The highest BCUT2D eigenvalue weighted by atomic mass is 35.5. The van der Waals surface area contributed by atoms with E-state index in [9.17, 15) is 4.79 Å². The molecule has 0 N–H and O–H groups in total. The zero-order valence-electron chi connectivity index (χ0n) is 12.7. The largest absolute Gasteiger partial charge is 0.335 e. The molecule has 2 nitrogen and oxygen atoms in total. The van der Waals surface area contributed by atoms with Crippen LogP contribution in [0.4, 0.5) is 0 Å². The summed E-state index contributed by atoms with van der Waals surface area (Å²) in [4.78, 5) is 15.7. The van der Waals surface area contributed by atoms with Crippen molar-refractivity contribution in [2.75, 3.05) is 13.3 Å². The minimum absolute atomic E-state index is 0.0115. The minimum Gasteiger partial charge on any atom is -0.335 e. The Labute approximate surface area is 140 Å². The second kappa shape index (κ2) is 6.35. The van der Waals surface area contributed by atoms with Crippen molar-refractivity contribution in [3.05, 3.63) is 64.2 Å². The number of thioether (sulfide) groups is 1. The van der Waals surface area contributed by atoms with Crippen LogP contribution in [0.15, 0.2) is 47.4 Å². The average molecular weight is 332 g/mol. The molecule has 1 aliphatic rings. The third-order valence-electron chi connectivity index (χ3n) is 4.29. The van der Waals surface area contributed by atoms with Crippen LogP contribution in [-0.4, -0.2) is 24.1 Å². The Morgan fingerprint density at radius 2 is 2.05 bits per heavy atom. The molecule has 0 heterocycles. The standard InChI is InChI=1S/C18H18ClNOS/c1-20(17-10-7-12-5-3-4-6-14(12)17)18(21)15-11-13(22-2)8-9-16(15)19/h3-6,8-9,11,17H,7,10H2,1-2H3. The normalized spacial score (nSPS) is 16.4. The number of hydrogen-bond donors (Lipinski definition) is 0. The monoisotopic (exact) mass is 331 g/mol. The number of amides is 1. The molecular formula is C18H18ClNOS. The van der Waals surface area contributed by atoms with Crippen molar-refractivity contribution in [3.63, 3.8) is 0 Å². The molecule has 114 valence electrons. The Morgan fingerprint density at radius 1 is 1.27 bits per heavy atom. The first-order valence-corrected chi connectivity index (χ1v) is 8.90. The summed E-state index contributed by atoms with van der Waals surface area (Å²) in [5, 5.41) is 0.515. The zero-order valence-corrected chi connectivity index (χ0v) is 14.2. The van der Waals surface area contributed by atoms with Crippen molar-refractivity contribution in [3.8, 4) is 0 Å². The first-order chi connectivity index (χ1) is 10.6. The van der Waals surface area contributed by atoms with Crippen LogP contribution in [0, 0.1) is 0 Å². The molecule has 3 rings (SSSR count). The van der Waals surface area contributed by atoms with E-state index in [2.05, 4.69) is 18.2 Å². The SMILES string of the molecule is CSc1ccc(Cl)c(C(=O)N(C)C2CCc3ccccc32)c1. The topological polar surface area (TPSA) is 20.3 Å². The van der Waals surface area contributed by atoms with E-state index < -0.39 is 0 Å².